The van der Waals surface area contributed by atoms with Crippen LogP contribution in [-0.4, -0.2) is 30.9 Å². The molecule has 1 aliphatic rings. The molecule has 21 heavy (non-hydrogen) atoms. The second-order valence-electron chi connectivity index (χ2n) is 5.63. The van der Waals surface area contributed by atoms with Gasteiger partial charge in [0.15, 0.2) is 0 Å². The van der Waals surface area contributed by atoms with E-state index in [1.54, 1.807) is 17.0 Å². The Bertz CT molecular complexity index is 446. The fourth-order valence-electron chi connectivity index (χ4n) is 2.65. The number of carbonyl (C=O) groups excluding carboxylic acids is 1. The van der Waals surface area contributed by atoms with Gasteiger partial charge in [-0.15, -0.1) is 12.4 Å². The Hall–Kier alpha value is -1.13. The van der Waals surface area contributed by atoms with Crippen LogP contribution in [0.3, 0.4) is 0 Å². The van der Waals surface area contributed by atoms with E-state index in [4.69, 9.17) is 0 Å². The van der Waals surface area contributed by atoms with Gasteiger partial charge in [0.1, 0.15) is 5.82 Å². The van der Waals surface area contributed by atoms with Crippen molar-refractivity contribution >= 4 is 18.3 Å². The molecule has 0 aromatic heterocycles. The Morgan fingerprint density at radius 2 is 2.10 bits per heavy atom. The van der Waals surface area contributed by atoms with Crippen LogP contribution in [0, 0.1) is 11.7 Å². The summed E-state index contributed by atoms with van der Waals surface area (Å²) in [4.78, 5) is 14.0. The second-order valence-corrected chi connectivity index (χ2v) is 5.63. The molecule has 0 radical (unpaired) electrons. The standard InChI is InChI=1S/C16H23FN2O.ClH/c1-12(14-4-6-15(17)7-5-14)19(2)16(20)8-3-13-9-10-18-11-13;/h4-7,12-13,18H,3,8-11H2,1-2H3;1H. The zero-order chi connectivity index (χ0) is 14.5. The monoisotopic (exact) mass is 314 g/mol. The normalized spacial score (nSPS) is 18.9. The molecule has 118 valence electrons. The zero-order valence-electron chi connectivity index (χ0n) is 12.6. The van der Waals surface area contributed by atoms with Crippen LogP contribution in [0.1, 0.15) is 37.8 Å². The lowest BCUT2D eigenvalue weighted by molar-refractivity contribution is -0.132. The molecule has 1 fully saturated rings. The Balaban J connectivity index is 0.00000220. The average Bonchev–Trinajstić information content (AvgIpc) is 2.97. The van der Waals surface area contributed by atoms with Crippen LogP contribution in [0.4, 0.5) is 4.39 Å². The van der Waals surface area contributed by atoms with Crippen LogP contribution in [0.5, 0.6) is 0 Å². The van der Waals surface area contributed by atoms with Crippen molar-refractivity contribution in [2.24, 2.45) is 5.92 Å². The summed E-state index contributed by atoms with van der Waals surface area (Å²) >= 11 is 0. The van der Waals surface area contributed by atoms with E-state index in [1.807, 2.05) is 14.0 Å². The third-order valence-electron chi connectivity index (χ3n) is 4.26. The van der Waals surface area contributed by atoms with Crippen molar-refractivity contribution in [3.63, 3.8) is 0 Å². The largest absolute Gasteiger partial charge is 0.339 e. The molecule has 1 saturated heterocycles. The van der Waals surface area contributed by atoms with E-state index in [-0.39, 0.29) is 30.2 Å². The van der Waals surface area contributed by atoms with Gasteiger partial charge in [0, 0.05) is 13.5 Å². The number of nitrogens with zero attached hydrogens (tertiary/aromatic N) is 1. The van der Waals surface area contributed by atoms with Crippen molar-refractivity contribution < 1.29 is 9.18 Å². The summed E-state index contributed by atoms with van der Waals surface area (Å²) in [6.07, 6.45) is 2.71. The number of amides is 1. The highest BCUT2D eigenvalue weighted by Crippen LogP contribution is 2.21. The third-order valence-corrected chi connectivity index (χ3v) is 4.26. The molecule has 3 nitrogen and oxygen atoms in total. The lowest BCUT2D eigenvalue weighted by Crippen LogP contribution is -2.30. The van der Waals surface area contributed by atoms with Gasteiger partial charge in [-0.1, -0.05) is 12.1 Å². The maximum absolute atomic E-state index is 12.9. The van der Waals surface area contributed by atoms with Crippen molar-refractivity contribution in [3.05, 3.63) is 35.6 Å². The van der Waals surface area contributed by atoms with Gasteiger partial charge >= 0.3 is 0 Å². The van der Waals surface area contributed by atoms with Crippen molar-refractivity contribution in [2.45, 2.75) is 32.2 Å². The van der Waals surface area contributed by atoms with E-state index >= 15 is 0 Å². The predicted molar refractivity (Wildman–Crippen MR) is 85.0 cm³/mol. The van der Waals surface area contributed by atoms with E-state index < -0.39 is 0 Å². The minimum Gasteiger partial charge on any atom is -0.339 e. The smallest absolute Gasteiger partial charge is 0.222 e. The molecule has 0 saturated carbocycles. The number of rotatable bonds is 5. The highest BCUT2D eigenvalue weighted by molar-refractivity contribution is 5.85. The van der Waals surface area contributed by atoms with Gasteiger partial charge < -0.3 is 10.2 Å². The lowest BCUT2D eigenvalue weighted by atomic mass is 10.0. The molecule has 1 aromatic carbocycles. The molecule has 1 aliphatic heterocycles. The van der Waals surface area contributed by atoms with E-state index in [9.17, 15) is 9.18 Å². The molecular formula is C16H24ClFN2O. The molecule has 2 unspecified atom stereocenters. The number of carbonyl (C=O) groups is 1. The van der Waals surface area contributed by atoms with Crippen LogP contribution >= 0.6 is 12.4 Å². The van der Waals surface area contributed by atoms with Crippen LogP contribution in [0.25, 0.3) is 0 Å². The third kappa shape index (κ3) is 4.97. The van der Waals surface area contributed by atoms with Crippen molar-refractivity contribution in [1.29, 1.82) is 0 Å². The van der Waals surface area contributed by atoms with Crippen molar-refractivity contribution in [2.75, 3.05) is 20.1 Å². The molecule has 1 N–H and O–H groups in total. The van der Waals surface area contributed by atoms with E-state index in [0.717, 1.165) is 25.1 Å². The minimum atomic E-state index is -0.247. The van der Waals surface area contributed by atoms with Crippen molar-refractivity contribution in [3.8, 4) is 0 Å². The van der Waals surface area contributed by atoms with Crippen LogP contribution in [0.15, 0.2) is 24.3 Å². The molecule has 0 bridgehead atoms. The van der Waals surface area contributed by atoms with E-state index in [0.29, 0.717) is 12.3 Å². The number of hydrogen-bond acceptors (Lipinski definition) is 2. The first-order valence-electron chi connectivity index (χ1n) is 7.29. The molecular weight excluding hydrogens is 291 g/mol. The topological polar surface area (TPSA) is 32.3 Å². The minimum absolute atomic E-state index is 0. The summed E-state index contributed by atoms with van der Waals surface area (Å²) in [5.41, 5.74) is 0.963. The maximum Gasteiger partial charge on any atom is 0.222 e. The van der Waals surface area contributed by atoms with Gasteiger partial charge in [0.25, 0.3) is 0 Å². The van der Waals surface area contributed by atoms with E-state index in [2.05, 4.69) is 5.32 Å². The quantitative estimate of drug-likeness (QED) is 0.905. The summed E-state index contributed by atoms with van der Waals surface area (Å²) in [5, 5.41) is 3.32. The second kappa shape index (κ2) is 8.35. The number of nitrogens with one attached hydrogen (secondary N) is 1. The van der Waals surface area contributed by atoms with Gasteiger partial charge in [0.05, 0.1) is 6.04 Å². The fourth-order valence-corrected chi connectivity index (χ4v) is 2.65. The summed E-state index contributed by atoms with van der Waals surface area (Å²) in [6, 6.07) is 6.34. The van der Waals surface area contributed by atoms with Crippen LogP contribution in [0.2, 0.25) is 0 Å². The molecule has 5 heteroatoms. The van der Waals surface area contributed by atoms with Crippen molar-refractivity contribution in [1.82, 2.24) is 10.2 Å². The molecule has 2 rings (SSSR count). The van der Waals surface area contributed by atoms with Crippen LogP contribution < -0.4 is 5.32 Å². The molecule has 0 spiro atoms. The summed E-state index contributed by atoms with van der Waals surface area (Å²) in [6.45, 7) is 4.08. The summed E-state index contributed by atoms with van der Waals surface area (Å²) < 4.78 is 12.9. The molecule has 0 aliphatic carbocycles. The highest BCUT2D eigenvalue weighted by atomic mass is 35.5. The van der Waals surface area contributed by atoms with Crippen LogP contribution in [-0.2, 0) is 4.79 Å². The van der Waals surface area contributed by atoms with Gasteiger partial charge in [-0.05, 0) is 56.5 Å². The van der Waals surface area contributed by atoms with Gasteiger partial charge in [-0.2, -0.15) is 0 Å². The Morgan fingerprint density at radius 1 is 1.43 bits per heavy atom. The Kier molecular flexibility index (Phi) is 7.12. The molecule has 1 aromatic rings. The lowest BCUT2D eigenvalue weighted by Gasteiger charge is -2.26. The predicted octanol–water partition coefficient (Wildman–Crippen LogP) is 3.16. The average molecular weight is 315 g/mol. The highest BCUT2D eigenvalue weighted by Gasteiger charge is 2.20. The SMILES string of the molecule is CC(c1ccc(F)cc1)N(C)C(=O)CCC1CCNC1.Cl. The number of halogens is 2. The summed E-state index contributed by atoms with van der Waals surface area (Å²) in [7, 11) is 1.82. The van der Waals surface area contributed by atoms with E-state index in [1.165, 1.54) is 18.6 Å². The summed E-state index contributed by atoms with van der Waals surface area (Å²) in [5.74, 6) is 0.547. The first-order valence-corrected chi connectivity index (χ1v) is 7.29. The Morgan fingerprint density at radius 3 is 2.67 bits per heavy atom. The molecule has 1 amide bonds. The Labute approximate surface area is 132 Å². The van der Waals surface area contributed by atoms with Gasteiger partial charge in [-0.25, -0.2) is 4.39 Å². The molecule has 2 atom stereocenters. The zero-order valence-corrected chi connectivity index (χ0v) is 13.5. The molecule has 1 heterocycles. The van der Waals surface area contributed by atoms with Gasteiger partial charge in [0.2, 0.25) is 5.91 Å². The number of hydrogen-bond donors (Lipinski definition) is 1. The first-order chi connectivity index (χ1) is 9.58. The first kappa shape index (κ1) is 17.9. The fraction of sp³-hybridized carbons (Fsp3) is 0.562. The van der Waals surface area contributed by atoms with Gasteiger partial charge in [-0.3, -0.25) is 4.79 Å². The number of benzene rings is 1. The maximum atomic E-state index is 12.9.